The standard InChI is InChI=1S/C18H34N2O14/c19-7-12(26)9(23)4(1-21)32-17(7)30-3-6-11(25)14(28)15(16(29)31-6)34-18-8(20)13(27)10(24)5(2-22)33-18/h4-18,21-29H,1-3,19-20H2/t4-,5-,6-,7-,8-,9-,10-,11-,12-,13-,14+,15+,16?,17-,18+/m1/s1. The zero-order chi connectivity index (χ0) is 25.3. The maximum absolute atomic E-state index is 10.5. The van der Waals surface area contributed by atoms with Crippen molar-refractivity contribution >= 4 is 0 Å². The molecule has 0 amide bonds. The average Bonchev–Trinajstić information content (AvgIpc) is 2.82. The van der Waals surface area contributed by atoms with Gasteiger partial charge in [-0.2, -0.15) is 0 Å². The number of aliphatic hydroxyl groups is 9. The topological polar surface area (TPSA) is 280 Å². The van der Waals surface area contributed by atoms with Crippen molar-refractivity contribution in [1.29, 1.82) is 0 Å². The molecule has 0 aromatic rings. The second-order valence-corrected chi connectivity index (χ2v) is 8.55. The Hall–Kier alpha value is -0.640. The summed E-state index contributed by atoms with van der Waals surface area (Å²) in [5, 5.41) is 89.5. The van der Waals surface area contributed by atoms with Gasteiger partial charge in [-0.1, -0.05) is 0 Å². The SMILES string of the molecule is N[C@H]1[C@H](OC[C@H]2OC(O)[C@@H](O[C@@H]3O[C@H](CO)[C@@H](O)[C@H](O)[C@H]3N)[C@@H](O)[C@@H]2O)O[C@H](CO)[C@@H](O)[C@@H]1O. The number of hydrogen-bond donors (Lipinski definition) is 11. The summed E-state index contributed by atoms with van der Waals surface area (Å²) in [6.07, 6.45) is -19.4. The van der Waals surface area contributed by atoms with Gasteiger partial charge in [0.2, 0.25) is 0 Å². The van der Waals surface area contributed by atoms with Gasteiger partial charge in [-0.25, -0.2) is 0 Å². The Kier molecular flexibility index (Phi) is 9.54. The van der Waals surface area contributed by atoms with Gasteiger partial charge in [0.15, 0.2) is 18.9 Å². The van der Waals surface area contributed by atoms with E-state index in [-0.39, 0.29) is 0 Å². The van der Waals surface area contributed by atoms with Crippen molar-refractivity contribution in [2.45, 2.75) is 92.0 Å². The summed E-state index contributed by atoms with van der Waals surface area (Å²) in [4.78, 5) is 0. The predicted octanol–water partition coefficient (Wildman–Crippen LogP) is -7.64. The number of ether oxygens (including phenoxy) is 5. The predicted molar refractivity (Wildman–Crippen MR) is 105 cm³/mol. The first-order chi connectivity index (χ1) is 16.0. The van der Waals surface area contributed by atoms with E-state index >= 15 is 0 Å². The Morgan fingerprint density at radius 2 is 1.06 bits per heavy atom. The lowest BCUT2D eigenvalue weighted by Crippen LogP contribution is -2.66. The lowest BCUT2D eigenvalue weighted by Gasteiger charge is -2.46. The van der Waals surface area contributed by atoms with Crippen molar-refractivity contribution in [1.82, 2.24) is 0 Å². The third kappa shape index (κ3) is 5.52. The van der Waals surface area contributed by atoms with Crippen LogP contribution >= 0.6 is 0 Å². The Balaban J connectivity index is 1.59. The summed E-state index contributed by atoms with van der Waals surface area (Å²) in [6, 6.07) is -2.53. The second-order valence-electron chi connectivity index (χ2n) is 8.55. The molecule has 3 rings (SSSR count). The zero-order valence-electron chi connectivity index (χ0n) is 18.0. The lowest BCUT2D eigenvalue weighted by atomic mass is 9.96. The van der Waals surface area contributed by atoms with Crippen LogP contribution in [0.4, 0.5) is 0 Å². The van der Waals surface area contributed by atoms with Crippen LogP contribution in [0.5, 0.6) is 0 Å². The summed E-state index contributed by atoms with van der Waals surface area (Å²) < 4.78 is 26.7. The van der Waals surface area contributed by atoms with Crippen LogP contribution in [0.15, 0.2) is 0 Å². The van der Waals surface area contributed by atoms with Crippen molar-refractivity contribution < 1.29 is 69.6 Å². The van der Waals surface area contributed by atoms with Gasteiger partial charge in [0.1, 0.15) is 61.0 Å². The van der Waals surface area contributed by atoms with Crippen molar-refractivity contribution in [3.05, 3.63) is 0 Å². The van der Waals surface area contributed by atoms with Crippen molar-refractivity contribution in [2.24, 2.45) is 11.5 Å². The Labute approximate surface area is 193 Å². The van der Waals surface area contributed by atoms with Crippen LogP contribution in [0.3, 0.4) is 0 Å². The van der Waals surface area contributed by atoms with Crippen LogP contribution in [-0.4, -0.2) is 158 Å². The van der Waals surface area contributed by atoms with Gasteiger partial charge in [-0.15, -0.1) is 0 Å². The molecule has 3 fully saturated rings. The quantitative estimate of drug-likeness (QED) is 0.154. The van der Waals surface area contributed by atoms with Crippen LogP contribution in [-0.2, 0) is 23.7 Å². The maximum Gasteiger partial charge on any atom is 0.184 e. The van der Waals surface area contributed by atoms with E-state index in [0.717, 1.165) is 0 Å². The third-order valence-corrected chi connectivity index (χ3v) is 6.24. The molecule has 16 heteroatoms. The van der Waals surface area contributed by atoms with Crippen LogP contribution in [0, 0.1) is 0 Å². The molecule has 0 saturated carbocycles. The maximum atomic E-state index is 10.5. The third-order valence-electron chi connectivity index (χ3n) is 6.24. The molecule has 3 aliphatic heterocycles. The minimum atomic E-state index is -1.84. The first-order valence-corrected chi connectivity index (χ1v) is 10.7. The fourth-order valence-electron chi connectivity index (χ4n) is 4.03. The minimum Gasteiger partial charge on any atom is -0.394 e. The number of rotatable bonds is 7. The number of aliphatic hydroxyl groups excluding tert-OH is 9. The molecular weight excluding hydrogens is 468 g/mol. The molecule has 15 atom stereocenters. The first kappa shape index (κ1) is 27.9. The van der Waals surface area contributed by atoms with Gasteiger partial charge in [-0.05, 0) is 0 Å². The van der Waals surface area contributed by atoms with E-state index in [1.807, 2.05) is 0 Å². The van der Waals surface area contributed by atoms with E-state index in [2.05, 4.69) is 0 Å². The summed E-state index contributed by atoms with van der Waals surface area (Å²) >= 11 is 0. The molecule has 16 nitrogen and oxygen atoms in total. The van der Waals surface area contributed by atoms with Crippen molar-refractivity contribution in [3.8, 4) is 0 Å². The number of nitrogens with two attached hydrogens (primary N) is 2. The van der Waals surface area contributed by atoms with Gasteiger partial charge in [-0.3, -0.25) is 0 Å². The molecule has 0 aliphatic carbocycles. The second kappa shape index (κ2) is 11.6. The zero-order valence-corrected chi connectivity index (χ0v) is 18.0. The molecule has 0 radical (unpaired) electrons. The Morgan fingerprint density at radius 3 is 1.59 bits per heavy atom. The summed E-state index contributed by atoms with van der Waals surface area (Å²) in [6.45, 7) is -1.79. The van der Waals surface area contributed by atoms with Crippen LogP contribution in [0.1, 0.15) is 0 Å². The molecular formula is C18H34N2O14. The van der Waals surface area contributed by atoms with Crippen molar-refractivity contribution in [2.75, 3.05) is 19.8 Å². The van der Waals surface area contributed by atoms with Gasteiger partial charge < -0.3 is 81.1 Å². The Morgan fingerprint density at radius 1 is 0.588 bits per heavy atom. The molecule has 1 unspecified atom stereocenters. The van der Waals surface area contributed by atoms with E-state index in [9.17, 15) is 46.0 Å². The molecule has 34 heavy (non-hydrogen) atoms. The average molecular weight is 502 g/mol. The van der Waals surface area contributed by atoms with E-state index in [1.165, 1.54) is 0 Å². The highest BCUT2D eigenvalue weighted by molar-refractivity contribution is 4.95. The molecule has 0 spiro atoms. The normalized spacial score (nSPS) is 52.5. The number of hydrogen-bond acceptors (Lipinski definition) is 16. The van der Waals surface area contributed by atoms with Gasteiger partial charge >= 0.3 is 0 Å². The van der Waals surface area contributed by atoms with Crippen LogP contribution in [0.25, 0.3) is 0 Å². The van der Waals surface area contributed by atoms with E-state index in [4.69, 9.17) is 35.2 Å². The fraction of sp³-hybridized carbons (Fsp3) is 1.00. The molecule has 0 aromatic carbocycles. The molecule has 3 saturated heterocycles. The monoisotopic (exact) mass is 502 g/mol. The lowest BCUT2D eigenvalue weighted by molar-refractivity contribution is -0.352. The molecule has 3 heterocycles. The van der Waals surface area contributed by atoms with Crippen LogP contribution in [0.2, 0.25) is 0 Å². The Bertz CT molecular complexity index is 644. The summed E-state index contributed by atoms with van der Waals surface area (Å²) in [5.41, 5.74) is 11.5. The van der Waals surface area contributed by atoms with Gasteiger partial charge in [0.05, 0.1) is 31.9 Å². The fourth-order valence-corrected chi connectivity index (χ4v) is 4.03. The highest BCUT2D eigenvalue weighted by Gasteiger charge is 2.50. The molecule has 200 valence electrons. The molecule has 0 aromatic heterocycles. The van der Waals surface area contributed by atoms with Gasteiger partial charge in [0, 0.05) is 0 Å². The highest BCUT2D eigenvalue weighted by Crippen LogP contribution is 2.29. The van der Waals surface area contributed by atoms with Crippen LogP contribution < -0.4 is 11.5 Å². The molecule has 3 aliphatic rings. The van der Waals surface area contributed by atoms with E-state index in [0.29, 0.717) is 0 Å². The van der Waals surface area contributed by atoms with Gasteiger partial charge in [0.25, 0.3) is 0 Å². The smallest absolute Gasteiger partial charge is 0.184 e. The van der Waals surface area contributed by atoms with E-state index < -0.39 is 112 Å². The molecule has 13 N–H and O–H groups in total. The largest absolute Gasteiger partial charge is 0.394 e. The minimum absolute atomic E-state index is 0.488. The molecule has 0 bridgehead atoms. The summed E-state index contributed by atoms with van der Waals surface area (Å²) in [5.74, 6) is 0. The summed E-state index contributed by atoms with van der Waals surface area (Å²) in [7, 11) is 0. The van der Waals surface area contributed by atoms with Crippen molar-refractivity contribution in [3.63, 3.8) is 0 Å². The van der Waals surface area contributed by atoms with E-state index in [1.54, 1.807) is 0 Å². The highest BCUT2D eigenvalue weighted by atomic mass is 16.7. The first-order valence-electron chi connectivity index (χ1n) is 10.7.